The molecule has 0 bridgehead atoms. The van der Waals surface area contributed by atoms with Crippen LogP contribution in [0, 0.1) is 0 Å². The van der Waals surface area contributed by atoms with Crippen molar-refractivity contribution in [3.8, 4) is 5.75 Å². The van der Waals surface area contributed by atoms with E-state index < -0.39 is 17.9 Å². The van der Waals surface area contributed by atoms with E-state index in [1.807, 2.05) is 0 Å². The molecule has 0 aliphatic heterocycles. The first-order chi connectivity index (χ1) is 8.04. The highest BCUT2D eigenvalue weighted by Crippen LogP contribution is 2.12. The number of aromatic nitrogens is 1. The van der Waals surface area contributed by atoms with E-state index in [9.17, 15) is 14.7 Å². The van der Waals surface area contributed by atoms with Gasteiger partial charge in [0.25, 0.3) is 5.91 Å². The summed E-state index contributed by atoms with van der Waals surface area (Å²) in [5.41, 5.74) is -0.101. The highest BCUT2D eigenvalue weighted by atomic mass is 16.4. The Kier molecular flexibility index (Phi) is 4.45. The van der Waals surface area contributed by atoms with Crippen molar-refractivity contribution in [2.45, 2.75) is 25.8 Å². The normalized spacial score (nSPS) is 11.8. The van der Waals surface area contributed by atoms with Crippen LogP contribution in [0.5, 0.6) is 5.75 Å². The third kappa shape index (κ3) is 3.75. The predicted octanol–water partition coefficient (Wildman–Crippen LogP) is 0.770. The van der Waals surface area contributed by atoms with Crippen molar-refractivity contribution in [3.05, 3.63) is 24.0 Å². The number of hydrogen-bond acceptors (Lipinski definition) is 4. The Balaban J connectivity index is 2.71. The van der Waals surface area contributed by atoms with E-state index in [-0.39, 0.29) is 17.9 Å². The lowest BCUT2D eigenvalue weighted by molar-refractivity contribution is -0.137. The maximum atomic E-state index is 11.7. The number of nitrogens with one attached hydrogen (secondary N) is 1. The molecule has 3 N–H and O–H groups in total. The SMILES string of the molecule is CCC(CC(=O)O)NC(=O)c1ncccc1O. The molecule has 1 heterocycles. The number of carbonyl (C=O) groups excluding carboxylic acids is 1. The molecule has 1 rings (SSSR count). The first-order valence-electron chi connectivity index (χ1n) is 5.21. The number of carbonyl (C=O) groups is 2. The number of rotatable bonds is 5. The fraction of sp³-hybridized carbons (Fsp3) is 0.364. The van der Waals surface area contributed by atoms with Gasteiger partial charge in [0.15, 0.2) is 5.69 Å². The van der Waals surface area contributed by atoms with E-state index in [1.165, 1.54) is 18.3 Å². The van der Waals surface area contributed by atoms with E-state index in [0.717, 1.165) is 0 Å². The number of carboxylic acid groups (broad SMARTS) is 1. The maximum Gasteiger partial charge on any atom is 0.305 e. The summed E-state index contributed by atoms with van der Waals surface area (Å²) in [6.07, 6.45) is 1.72. The summed E-state index contributed by atoms with van der Waals surface area (Å²) < 4.78 is 0. The van der Waals surface area contributed by atoms with Crippen molar-refractivity contribution in [2.24, 2.45) is 0 Å². The lowest BCUT2D eigenvalue weighted by atomic mass is 10.1. The van der Waals surface area contributed by atoms with Crippen molar-refractivity contribution in [2.75, 3.05) is 0 Å². The van der Waals surface area contributed by atoms with E-state index >= 15 is 0 Å². The minimum absolute atomic E-state index is 0.101. The van der Waals surface area contributed by atoms with E-state index in [1.54, 1.807) is 6.92 Å². The quantitative estimate of drug-likeness (QED) is 0.703. The van der Waals surface area contributed by atoms with Crippen LogP contribution in [0.1, 0.15) is 30.3 Å². The van der Waals surface area contributed by atoms with Crippen LogP contribution in [0.2, 0.25) is 0 Å². The molecular weight excluding hydrogens is 224 g/mol. The fourth-order valence-electron chi connectivity index (χ4n) is 1.33. The van der Waals surface area contributed by atoms with Crippen molar-refractivity contribution in [1.82, 2.24) is 10.3 Å². The van der Waals surface area contributed by atoms with Crippen molar-refractivity contribution in [3.63, 3.8) is 0 Å². The third-order valence-corrected chi connectivity index (χ3v) is 2.25. The topological polar surface area (TPSA) is 99.5 Å². The fourth-order valence-corrected chi connectivity index (χ4v) is 1.33. The van der Waals surface area contributed by atoms with Gasteiger partial charge in [0, 0.05) is 12.2 Å². The third-order valence-electron chi connectivity index (χ3n) is 2.25. The maximum absolute atomic E-state index is 11.7. The Hall–Kier alpha value is -2.11. The summed E-state index contributed by atoms with van der Waals surface area (Å²) in [7, 11) is 0. The van der Waals surface area contributed by atoms with Gasteiger partial charge in [0.05, 0.1) is 6.42 Å². The van der Waals surface area contributed by atoms with Gasteiger partial charge in [0.2, 0.25) is 0 Å². The van der Waals surface area contributed by atoms with Crippen LogP contribution in [0.3, 0.4) is 0 Å². The molecule has 0 radical (unpaired) electrons. The Bertz CT molecular complexity index is 420. The molecule has 0 saturated carbocycles. The van der Waals surface area contributed by atoms with Crippen molar-refractivity contribution < 1.29 is 19.8 Å². The van der Waals surface area contributed by atoms with Gasteiger partial charge in [0.1, 0.15) is 5.75 Å². The van der Waals surface area contributed by atoms with Gasteiger partial charge >= 0.3 is 5.97 Å². The lowest BCUT2D eigenvalue weighted by Crippen LogP contribution is -2.36. The Morgan fingerprint density at radius 2 is 2.24 bits per heavy atom. The van der Waals surface area contributed by atoms with E-state index in [4.69, 9.17) is 5.11 Å². The molecular formula is C11H14N2O4. The Morgan fingerprint density at radius 3 is 2.76 bits per heavy atom. The van der Waals surface area contributed by atoms with Crippen LogP contribution in [0.15, 0.2) is 18.3 Å². The molecule has 0 aliphatic rings. The van der Waals surface area contributed by atoms with Crippen LogP contribution in [0.25, 0.3) is 0 Å². The minimum atomic E-state index is -0.984. The molecule has 1 amide bonds. The molecule has 0 saturated heterocycles. The summed E-state index contributed by atoms with van der Waals surface area (Å²) in [5.74, 6) is -1.78. The monoisotopic (exact) mass is 238 g/mol. The number of pyridine rings is 1. The predicted molar refractivity (Wildman–Crippen MR) is 59.7 cm³/mol. The molecule has 1 aromatic rings. The van der Waals surface area contributed by atoms with Gasteiger partial charge in [-0.25, -0.2) is 4.98 Å². The van der Waals surface area contributed by atoms with Crippen LogP contribution < -0.4 is 5.32 Å². The molecule has 1 atom stereocenters. The Labute approximate surface area is 98.3 Å². The standard InChI is InChI=1S/C11H14N2O4/c1-2-7(6-9(15)16)13-11(17)10-8(14)4-3-5-12-10/h3-5,7,14H,2,6H2,1H3,(H,13,17)(H,15,16). The van der Waals surface area contributed by atoms with Gasteiger partial charge < -0.3 is 15.5 Å². The summed E-state index contributed by atoms with van der Waals surface area (Å²) in [5, 5.41) is 20.6. The first kappa shape index (κ1) is 13.0. The van der Waals surface area contributed by atoms with Gasteiger partial charge in [-0.05, 0) is 18.6 Å². The number of hydrogen-bond donors (Lipinski definition) is 3. The molecule has 6 heteroatoms. The number of nitrogens with zero attached hydrogens (tertiary/aromatic N) is 1. The molecule has 0 fully saturated rings. The molecule has 0 spiro atoms. The van der Waals surface area contributed by atoms with Gasteiger partial charge in [-0.2, -0.15) is 0 Å². The lowest BCUT2D eigenvalue weighted by Gasteiger charge is -2.14. The molecule has 0 aromatic carbocycles. The van der Waals surface area contributed by atoms with E-state index in [0.29, 0.717) is 6.42 Å². The minimum Gasteiger partial charge on any atom is -0.505 e. The number of carboxylic acids is 1. The zero-order valence-electron chi connectivity index (χ0n) is 9.38. The largest absolute Gasteiger partial charge is 0.505 e. The smallest absolute Gasteiger partial charge is 0.305 e. The molecule has 6 nitrogen and oxygen atoms in total. The molecule has 1 aromatic heterocycles. The van der Waals surface area contributed by atoms with Gasteiger partial charge in [-0.1, -0.05) is 6.92 Å². The Morgan fingerprint density at radius 1 is 1.53 bits per heavy atom. The number of amides is 1. The molecule has 0 aliphatic carbocycles. The van der Waals surface area contributed by atoms with Crippen LogP contribution in [-0.4, -0.2) is 33.1 Å². The summed E-state index contributed by atoms with van der Waals surface area (Å²) >= 11 is 0. The average Bonchev–Trinajstić information content (AvgIpc) is 2.27. The molecule has 1 unspecified atom stereocenters. The van der Waals surface area contributed by atoms with Gasteiger partial charge in [-0.15, -0.1) is 0 Å². The molecule has 17 heavy (non-hydrogen) atoms. The number of aromatic hydroxyl groups is 1. The summed E-state index contributed by atoms with van der Waals surface area (Å²) in [6.45, 7) is 1.77. The average molecular weight is 238 g/mol. The second-order valence-corrected chi connectivity index (χ2v) is 3.55. The van der Waals surface area contributed by atoms with Crippen molar-refractivity contribution >= 4 is 11.9 Å². The van der Waals surface area contributed by atoms with Gasteiger partial charge in [-0.3, -0.25) is 9.59 Å². The van der Waals surface area contributed by atoms with Crippen molar-refractivity contribution in [1.29, 1.82) is 0 Å². The van der Waals surface area contributed by atoms with Crippen LogP contribution in [0.4, 0.5) is 0 Å². The number of aliphatic carboxylic acids is 1. The van der Waals surface area contributed by atoms with Crippen LogP contribution >= 0.6 is 0 Å². The first-order valence-corrected chi connectivity index (χ1v) is 5.21. The highest BCUT2D eigenvalue weighted by molar-refractivity contribution is 5.95. The second kappa shape index (κ2) is 5.83. The van der Waals surface area contributed by atoms with Crippen LogP contribution in [-0.2, 0) is 4.79 Å². The highest BCUT2D eigenvalue weighted by Gasteiger charge is 2.18. The van der Waals surface area contributed by atoms with E-state index in [2.05, 4.69) is 10.3 Å². The second-order valence-electron chi connectivity index (χ2n) is 3.55. The molecule has 92 valence electrons. The zero-order valence-corrected chi connectivity index (χ0v) is 9.38. The summed E-state index contributed by atoms with van der Waals surface area (Å²) in [6, 6.07) is 2.38. The zero-order chi connectivity index (χ0) is 12.8. The summed E-state index contributed by atoms with van der Waals surface area (Å²) in [4.78, 5) is 26.0.